The number of carbonyl (C=O) groups excluding carboxylic acids is 1. The number of H-pyrrole nitrogens is 1. The molecule has 0 aliphatic rings. The Kier molecular flexibility index (Phi) is 6.47. The predicted molar refractivity (Wildman–Crippen MR) is 140 cm³/mol. The van der Waals surface area contributed by atoms with E-state index in [-0.39, 0.29) is 11.9 Å². The number of rotatable bonds is 7. The second kappa shape index (κ2) is 9.83. The molecule has 0 radical (unpaired) electrons. The molecule has 0 bridgehead atoms. The Hall–Kier alpha value is -3.42. The van der Waals surface area contributed by atoms with E-state index in [1.165, 1.54) is 0 Å². The Balaban J connectivity index is 1.43. The van der Waals surface area contributed by atoms with Crippen molar-refractivity contribution in [2.75, 3.05) is 7.11 Å². The molecule has 0 aliphatic carbocycles. The number of fused-ring (bicyclic) bond motifs is 1. The highest BCUT2D eigenvalue weighted by molar-refractivity contribution is 9.10. The Morgan fingerprint density at radius 1 is 1.09 bits per heavy atom. The molecule has 170 valence electrons. The fourth-order valence-corrected chi connectivity index (χ4v) is 5.06. The molecule has 2 aromatic heterocycles. The number of carbonyl (C=O) groups is 1. The van der Waals surface area contributed by atoms with E-state index in [0.29, 0.717) is 12.1 Å². The summed E-state index contributed by atoms with van der Waals surface area (Å²) < 4.78 is 6.31. The van der Waals surface area contributed by atoms with E-state index >= 15 is 0 Å². The second-order valence-electron chi connectivity index (χ2n) is 7.92. The molecule has 0 aliphatic heterocycles. The Labute approximate surface area is 210 Å². The topological polar surface area (TPSA) is 67.0 Å². The zero-order valence-corrected chi connectivity index (χ0v) is 20.8. The third-order valence-corrected chi connectivity index (χ3v) is 7.32. The number of methoxy groups -OCH3 is 1. The van der Waals surface area contributed by atoms with Crippen molar-refractivity contribution < 1.29 is 9.53 Å². The van der Waals surface area contributed by atoms with E-state index in [1.807, 2.05) is 72.9 Å². The minimum Gasteiger partial charge on any atom is -0.497 e. The fourth-order valence-electron chi connectivity index (χ4n) is 3.83. The summed E-state index contributed by atoms with van der Waals surface area (Å²) in [5.41, 5.74) is 3.65. The summed E-state index contributed by atoms with van der Waals surface area (Å²) in [6.45, 7) is 0. The van der Waals surface area contributed by atoms with Crippen molar-refractivity contribution in [3.8, 4) is 16.2 Å². The van der Waals surface area contributed by atoms with Crippen molar-refractivity contribution in [2.24, 2.45) is 0 Å². The zero-order valence-electron chi connectivity index (χ0n) is 18.4. The second-order valence-corrected chi connectivity index (χ2v) is 9.90. The summed E-state index contributed by atoms with van der Waals surface area (Å²) in [5, 5.41) is 5.07. The number of aromatic amines is 1. The number of ether oxygens (including phenoxy) is 1. The third-order valence-electron chi connectivity index (χ3n) is 5.63. The van der Waals surface area contributed by atoms with E-state index in [0.717, 1.165) is 42.1 Å². The molecule has 1 atom stereocenters. The van der Waals surface area contributed by atoms with Gasteiger partial charge in [-0.05, 0) is 53.9 Å². The molecule has 5 aromatic rings. The largest absolute Gasteiger partial charge is 0.497 e. The lowest BCUT2D eigenvalue weighted by Gasteiger charge is -2.17. The van der Waals surface area contributed by atoms with Gasteiger partial charge in [0.2, 0.25) is 0 Å². The first kappa shape index (κ1) is 22.4. The SMILES string of the molecule is COc1ccc(CC(NC(=O)c2cc3ccccc3[nH]2)c2ncc(-c3ccc(Br)cc3)s2)cc1. The summed E-state index contributed by atoms with van der Waals surface area (Å²) in [7, 11) is 1.65. The predicted octanol–water partition coefficient (Wildman–Crippen LogP) is 6.78. The summed E-state index contributed by atoms with van der Waals surface area (Å²) in [5.74, 6) is 0.643. The van der Waals surface area contributed by atoms with Crippen molar-refractivity contribution in [3.05, 3.63) is 106 Å². The molecule has 1 unspecified atom stereocenters. The number of thiazole rings is 1. The summed E-state index contributed by atoms with van der Waals surface area (Å²) in [6.07, 6.45) is 2.49. The van der Waals surface area contributed by atoms with Crippen LogP contribution in [0, 0.1) is 0 Å². The molecule has 0 spiro atoms. The number of nitrogens with zero attached hydrogens (tertiary/aromatic N) is 1. The number of aromatic nitrogens is 2. The molecule has 0 saturated heterocycles. The van der Waals surface area contributed by atoms with E-state index in [4.69, 9.17) is 9.72 Å². The number of para-hydroxylation sites is 1. The van der Waals surface area contributed by atoms with Crippen LogP contribution in [0.1, 0.15) is 27.1 Å². The first-order chi connectivity index (χ1) is 16.6. The molecule has 3 aromatic carbocycles. The van der Waals surface area contributed by atoms with Gasteiger partial charge in [-0.25, -0.2) is 4.98 Å². The molecule has 2 N–H and O–H groups in total. The summed E-state index contributed by atoms with van der Waals surface area (Å²) in [6, 6.07) is 25.5. The molecule has 7 heteroatoms. The van der Waals surface area contributed by atoms with Gasteiger partial charge in [0, 0.05) is 21.6 Å². The molecule has 2 heterocycles. The maximum atomic E-state index is 13.2. The standard InChI is InChI=1S/C27H22BrN3O2S/c1-33-21-12-6-17(7-13-21)14-24(27-29-16-25(34-27)18-8-10-20(28)11-9-18)31-26(32)23-15-19-4-2-3-5-22(19)30-23/h2-13,15-16,24,30H,14H2,1H3,(H,31,32). The highest BCUT2D eigenvalue weighted by atomic mass is 79.9. The van der Waals surface area contributed by atoms with E-state index in [2.05, 4.69) is 38.4 Å². The average Bonchev–Trinajstić information content (AvgIpc) is 3.52. The van der Waals surface area contributed by atoms with Crippen LogP contribution in [-0.2, 0) is 6.42 Å². The lowest BCUT2D eigenvalue weighted by Crippen LogP contribution is -2.30. The van der Waals surface area contributed by atoms with Gasteiger partial charge >= 0.3 is 0 Å². The zero-order chi connectivity index (χ0) is 23.5. The lowest BCUT2D eigenvalue weighted by molar-refractivity contribution is 0.0932. The highest BCUT2D eigenvalue weighted by Gasteiger charge is 2.21. The Bertz CT molecular complexity index is 1390. The van der Waals surface area contributed by atoms with Gasteiger partial charge in [-0.3, -0.25) is 4.79 Å². The van der Waals surface area contributed by atoms with Crippen LogP contribution in [-0.4, -0.2) is 23.0 Å². The van der Waals surface area contributed by atoms with E-state index < -0.39 is 0 Å². The molecule has 0 fully saturated rings. The van der Waals surface area contributed by atoms with Crippen LogP contribution in [0.15, 0.2) is 89.5 Å². The maximum Gasteiger partial charge on any atom is 0.268 e. The highest BCUT2D eigenvalue weighted by Crippen LogP contribution is 2.32. The number of nitrogens with one attached hydrogen (secondary N) is 2. The monoisotopic (exact) mass is 531 g/mol. The summed E-state index contributed by atoms with van der Waals surface area (Å²) in [4.78, 5) is 22.2. The number of hydrogen-bond donors (Lipinski definition) is 2. The van der Waals surface area contributed by atoms with Gasteiger partial charge in [-0.2, -0.15) is 0 Å². The van der Waals surface area contributed by atoms with Crippen LogP contribution in [0.2, 0.25) is 0 Å². The fraction of sp³-hybridized carbons (Fsp3) is 0.111. The van der Waals surface area contributed by atoms with Crippen molar-refractivity contribution in [3.63, 3.8) is 0 Å². The van der Waals surface area contributed by atoms with Crippen molar-refractivity contribution in [1.82, 2.24) is 15.3 Å². The molecule has 1 amide bonds. The molecular weight excluding hydrogens is 510 g/mol. The summed E-state index contributed by atoms with van der Waals surface area (Å²) >= 11 is 5.08. The van der Waals surface area contributed by atoms with Crippen LogP contribution in [0.4, 0.5) is 0 Å². The smallest absolute Gasteiger partial charge is 0.268 e. The third kappa shape index (κ3) is 4.90. The van der Waals surface area contributed by atoms with Crippen LogP contribution >= 0.6 is 27.3 Å². The number of hydrogen-bond acceptors (Lipinski definition) is 4. The Morgan fingerprint density at radius 2 is 1.85 bits per heavy atom. The first-order valence-corrected chi connectivity index (χ1v) is 12.4. The number of benzene rings is 3. The minimum absolute atomic E-state index is 0.157. The number of halogens is 1. The van der Waals surface area contributed by atoms with Gasteiger partial charge in [0.1, 0.15) is 16.5 Å². The van der Waals surface area contributed by atoms with E-state index in [1.54, 1.807) is 18.4 Å². The van der Waals surface area contributed by atoms with Gasteiger partial charge in [0.25, 0.3) is 5.91 Å². The molecule has 5 nitrogen and oxygen atoms in total. The lowest BCUT2D eigenvalue weighted by atomic mass is 10.1. The minimum atomic E-state index is -0.276. The molecule has 0 saturated carbocycles. The first-order valence-electron chi connectivity index (χ1n) is 10.8. The van der Waals surface area contributed by atoms with Crippen molar-refractivity contribution >= 4 is 44.1 Å². The quantitative estimate of drug-likeness (QED) is 0.243. The normalized spacial score (nSPS) is 11.9. The van der Waals surface area contributed by atoms with Gasteiger partial charge < -0.3 is 15.0 Å². The van der Waals surface area contributed by atoms with Crippen LogP contribution in [0.5, 0.6) is 5.75 Å². The van der Waals surface area contributed by atoms with Gasteiger partial charge in [0.15, 0.2) is 0 Å². The van der Waals surface area contributed by atoms with Gasteiger partial charge in [0.05, 0.1) is 18.0 Å². The number of amides is 1. The molecular formula is C27H22BrN3O2S. The van der Waals surface area contributed by atoms with E-state index in [9.17, 15) is 4.79 Å². The Morgan fingerprint density at radius 3 is 2.59 bits per heavy atom. The van der Waals surface area contributed by atoms with Gasteiger partial charge in [-0.1, -0.05) is 58.4 Å². The van der Waals surface area contributed by atoms with Crippen LogP contribution in [0.25, 0.3) is 21.3 Å². The van der Waals surface area contributed by atoms with Crippen molar-refractivity contribution in [1.29, 1.82) is 0 Å². The average molecular weight is 532 g/mol. The maximum absolute atomic E-state index is 13.2. The van der Waals surface area contributed by atoms with Crippen LogP contribution < -0.4 is 10.1 Å². The van der Waals surface area contributed by atoms with Crippen molar-refractivity contribution in [2.45, 2.75) is 12.5 Å². The molecule has 5 rings (SSSR count). The molecule has 34 heavy (non-hydrogen) atoms. The van der Waals surface area contributed by atoms with Crippen LogP contribution in [0.3, 0.4) is 0 Å². The van der Waals surface area contributed by atoms with Gasteiger partial charge in [-0.15, -0.1) is 11.3 Å².